The molecule has 0 aliphatic rings. The first-order valence-electron chi connectivity index (χ1n) is 45.2. The van der Waals surface area contributed by atoms with Crippen molar-refractivity contribution in [2.45, 2.75) is 26.2 Å². The molecule has 5 nitrogen and oxygen atoms in total. The number of fused-ring (bicyclic) bond motifs is 4. The summed E-state index contributed by atoms with van der Waals surface area (Å²) in [5.41, 5.74) is -1.19. The molecule has 0 atom stereocenters. The van der Waals surface area contributed by atoms with Gasteiger partial charge in [-0.2, -0.15) is 0 Å². The topological polar surface area (TPSA) is 35.9 Å². The SMILES string of the molecule is [2H]c1c([2H])c([2H])c(-c2cc([Si](c3c([2H])c([2H])c([2H])c([2H])c3[2H])(c3c([2H])c([2H])c([2H])c([2H])c3[2H])c3c([2H])c([2H])c([2H])c([2H])c3[2H])c(-[n+]3[c-]n(-c4cccc(Oc5ccc6c7ccccc7n(-c7cc(C(C)(C)C)ccn7)c6c5)c4)c4ccccc43)c([Si](c3c([2H])c([2H])c([2H])c([2H])c3[2H])(c3c([2H])c([2H])c([2H])c([2H])c3[2H])c3c([2H])c([2H])c([2H])c([2H])c3[2H])c2)c([2H])c1[2H]. The van der Waals surface area contributed by atoms with Crippen LogP contribution in [0.2, 0.25) is 0 Å². The number of ether oxygens (including phenoxy) is 1. The summed E-state index contributed by atoms with van der Waals surface area (Å²) < 4.78 is 356. The number of benzene rings is 12. The minimum absolute atomic E-state index is 0.0421. The lowest BCUT2D eigenvalue weighted by Gasteiger charge is -2.41. The Balaban J connectivity index is 1.27. The maximum Gasteiger partial charge on any atom is 0.269 e. The summed E-state index contributed by atoms with van der Waals surface area (Å²) in [6.45, 7) is 6.21. The Morgan fingerprint density at radius 3 is 1.40 bits per heavy atom. The molecule has 0 unspecified atom stereocenters. The van der Waals surface area contributed by atoms with Gasteiger partial charge in [0.1, 0.15) is 17.3 Å². The monoisotopic (exact) mass is 1210 g/mol. The molecule has 0 N–H and O–H groups in total. The zero-order chi connectivity index (χ0) is 90.4. The van der Waals surface area contributed by atoms with Crippen molar-refractivity contribution < 1.29 is 57.3 Å². The minimum Gasteiger partial charge on any atom is -0.458 e. The van der Waals surface area contributed by atoms with Crippen molar-refractivity contribution in [1.82, 2.24) is 14.1 Å². The molecule has 89 heavy (non-hydrogen) atoms. The van der Waals surface area contributed by atoms with Crippen LogP contribution in [0, 0.1) is 6.33 Å². The van der Waals surface area contributed by atoms with E-state index in [1.807, 2.05) is 47.0 Å². The van der Waals surface area contributed by atoms with Crippen molar-refractivity contribution in [3.05, 3.63) is 345 Å². The summed E-state index contributed by atoms with van der Waals surface area (Å²) in [6.07, 6.45) is 4.98. The van der Waals surface area contributed by atoms with Crippen LogP contribution in [0.3, 0.4) is 0 Å². The normalized spacial score (nSPS) is 17.5. The highest BCUT2D eigenvalue weighted by molar-refractivity contribution is 7.22. The standard InChI is InChI=1S/C82H64N4OSi2/c1-82(2,3)62-52-53-83-80(56-62)86-74-47-26-25-46-72(74)73-51-50-65(58-77(73)86)87-64-33-29-32-63(57-64)84-59-85(76-49-28-27-48-75(76)84)81-78(88(66-34-13-5-14-35-66,67-36-15-6-16-37-67)68-38-17-7-18-39-68)54-61(60-30-11-4-12-31-60)55-79(81)89(69-40-19-8-20-41-69,70-42-21-9-22-43-70)71-44-23-10-24-45-71/h4-58H,1-3H3/i4D,5D,6D,7D,8D,9D,10D,11D,12D,13D,14D,15D,16D,17D,18D,19D,20D,21D,22D,23D,24D,30D,31D,34D,35D,36D,37D,38D,39D,40D,41D,42D,43D,44D,45D. The molecular weight excluding hydrogens is 1110 g/mol. The molecule has 0 radical (unpaired) electrons. The molecule has 0 spiro atoms. The van der Waals surface area contributed by atoms with Crippen LogP contribution >= 0.6 is 0 Å². The van der Waals surface area contributed by atoms with Crippen LogP contribution in [0.1, 0.15) is 74.3 Å². The predicted molar refractivity (Wildman–Crippen MR) is 374 cm³/mol. The molecule has 15 rings (SSSR count). The molecular formula is C82H64N4OSi2. The molecule has 15 aromatic rings. The first-order valence-corrected chi connectivity index (χ1v) is 31.7. The molecule has 0 bridgehead atoms. The number of aromatic nitrogens is 4. The van der Waals surface area contributed by atoms with Gasteiger partial charge in [0.2, 0.25) is 0 Å². The van der Waals surface area contributed by atoms with Gasteiger partial charge >= 0.3 is 0 Å². The van der Waals surface area contributed by atoms with Gasteiger partial charge in [-0.25, -0.2) is 4.98 Å². The highest BCUT2D eigenvalue weighted by Crippen LogP contribution is 2.37. The van der Waals surface area contributed by atoms with Gasteiger partial charge in [0.15, 0.2) is 16.1 Å². The van der Waals surface area contributed by atoms with Crippen LogP contribution in [0.15, 0.2) is 333 Å². The van der Waals surface area contributed by atoms with Crippen molar-refractivity contribution in [2.24, 2.45) is 0 Å². The lowest BCUT2D eigenvalue weighted by Crippen LogP contribution is -2.80. The average molecular weight is 1210 g/mol. The second-order valence-electron chi connectivity index (χ2n) is 21.5. The maximum atomic E-state index is 10.5. The Bertz CT molecular complexity index is 6470. The number of rotatable bonds is 14. The minimum atomic E-state index is -7.15. The third kappa shape index (κ3) is 9.54. The molecule has 0 saturated heterocycles. The number of imidazole rings is 1. The van der Waals surface area contributed by atoms with Crippen molar-refractivity contribution in [1.29, 1.82) is 0 Å². The van der Waals surface area contributed by atoms with Crippen molar-refractivity contribution in [3.63, 3.8) is 0 Å². The van der Waals surface area contributed by atoms with Crippen LogP contribution in [0.5, 0.6) is 11.5 Å². The quantitative estimate of drug-likeness (QED) is 0.0471. The number of nitrogens with zero attached hydrogens (tertiary/aromatic N) is 4. The lowest BCUT2D eigenvalue weighted by atomic mass is 9.88. The van der Waals surface area contributed by atoms with Gasteiger partial charge in [0.05, 0.1) is 81.4 Å². The summed E-state index contributed by atoms with van der Waals surface area (Å²) in [4.78, 5) is 4.82. The lowest BCUT2D eigenvalue weighted by molar-refractivity contribution is -0.570. The van der Waals surface area contributed by atoms with Crippen molar-refractivity contribution >= 4 is 90.5 Å². The van der Waals surface area contributed by atoms with E-state index in [2.05, 4.69) is 27.1 Å². The molecule has 3 aromatic heterocycles. The first kappa shape index (κ1) is 28.9. The molecule has 0 aliphatic heterocycles. The molecule has 7 heteroatoms. The average Bonchev–Trinajstić information content (AvgIpc) is 1.33. The first-order chi connectivity index (χ1) is 58.3. The van der Waals surface area contributed by atoms with E-state index in [0.717, 1.165) is 38.6 Å². The fourth-order valence-electron chi connectivity index (χ4n) is 11.7. The molecule has 426 valence electrons. The Kier molecular flexibility index (Phi) is 7.41. The molecule has 0 fully saturated rings. The number of pyridine rings is 1. The van der Waals surface area contributed by atoms with E-state index in [1.165, 1.54) is 41.0 Å². The van der Waals surface area contributed by atoms with E-state index in [9.17, 15) is 46.6 Å². The maximum absolute atomic E-state index is 10.5. The highest BCUT2D eigenvalue weighted by Gasteiger charge is 2.49. The van der Waals surface area contributed by atoms with Crippen LogP contribution in [0.25, 0.3) is 61.2 Å². The smallest absolute Gasteiger partial charge is 0.269 e. The Morgan fingerprint density at radius 2 is 0.888 bits per heavy atom. The van der Waals surface area contributed by atoms with E-state index >= 15 is 0 Å². The summed E-state index contributed by atoms with van der Waals surface area (Å²) in [5, 5.41) is -8.29. The van der Waals surface area contributed by atoms with Crippen molar-refractivity contribution in [3.8, 4) is 39.8 Å². The van der Waals surface area contributed by atoms with Gasteiger partial charge in [0.25, 0.3) is 6.33 Å². The Hall–Kier alpha value is -10.7. The van der Waals surface area contributed by atoms with E-state index < -0.39 is 286 Å². The van der Waals surface area contributed by atoms with Gasteiger partial charge < -0.3 is 4.74 Å². The Morgan fingerprint density at radius 1 is 0.427 bits per heavy atom. The van der Waals surface area contributed by atoms with Gasteiger partial charge in [-0.05, 0) is 112 Å². The summed E-state index contributed by atoms with van der Waals surface area (Å²) >= 11 is 0. The molecule has 0 amide bonds. The zero-order valence-corrected chi connectivity index (χ0v) is 49.2. The third-order valence-electron chi connectivity index (χ3n) is 15.5. The molecule has 0 aliphatic carbocycles. The molecule has 0 saturated carbocycles. The molecule has 12 aromatic carbocycles. The van der Waals surface area contributed by atoms with Gasteiger partial charge in [-0.1, -0.05) is 293 Å². The highest BCUT2D eigenvalue weighted by atomic mass is 28.3. The van der Waals surface area contributed by atoms with Crippen LogP contribution < -0.4 is 50.8 Å². The van der Waals surface area contributed by atoms with E-state index in [0.29, 0.717) is 11.3 Å². The summed E-state index contributed by atoms with van der Waals surface area (Å²) in [6, 6.07) is -15.8. The van der Waals surface area contributed by atoms with Gasteiger partial charge in [-0.15, -0.1) is 0 Å². The third-order valence-corrected chi connectivity index (χ3v) is 23.9. The summed E-state index contributed by atoms with van der Waals surface area (Å²) in [5.74, 6) is 0.925. The van der Waals surface area contributed by atoms with E-state index in [-0.39, 0.29) is 33.6 Å². The zero-order valence-electron chi connectivity index (χ0n) is 82.2. The number of hydrogen-bond donors (Lipinski definition) is 0. The van der Waals surface area contributed by atoms with E-state index in [4.69, 9.17) is 11.1 Å². The van der Waals surface area contributed by atoms with Crippen molar-refractivity contribution in [2.75, 3.05) is 0 Å². The van der Waals surface area contributed by atoms with Crippen LogP contribution in [0.4, 0.5) is 0 Å². The molecule has 3 heterocycles. The number of para-hydroxylation sites is 3. The second-order valence-corrected chi connectivity index (χ2v) is 28.5. The fourth-order valence-corrected chi connectivity index (χ4v) is 19.9. The largest absolute Gasteiger partial charge is 0.458 e. The van der Waals surface area contributed by atoms with Crippen LogP contribution in [-0.4, -0.2) is 30.3 Å². The summed E-state index contributed by atoms with van der Waals surface area (Å²) in [7, 11) is -14.3. The fraction of sp³-hybridized carbons (Fsp3) is 0.0488. The predicted octanol–water partition coefficient (Wildman–Crippen LogP) is 13.7. The second kappa shape index (κ2) is 22.9. The van der Waals surface area contributed by atoms with Gasteiger partial charge in [0, 0.05) is 23.0 Å². The van der Waals surface area contributed by atoms with E-state index in [1.54, 1.807) is 30.5 Å². The number of hydrogen-bond acceptors (Lipinski definition) is 2. The van der Waals surface area contributed by atoms with Gasteiger partial charge in [-0.3, -0.25) is 13.7 Å². The van der Waals surface area contributed by atoms with Crippen LogP contribution in [-0.2, 0) is 5.41 Å². The Labute approximate surface area is 571 Å².